The maximum atomic E-state index is 12.6. The second kappa shape index (κ2) is 5.61. The molecule has 2 aliphatic rings. The van der Waals surface area contributed by atoms with Gasteiger partial charge in [0.2, 0.25) is 21.8 Å². The van der Waals surface area contributed by atoms with E-state index < -0.39 is 10.0 Å². The van der Waals surface area contributed by atoms with Gasteiger partial charge in [0, 0.05) is 18.8 Å². The molecule has 0 aromatic heterocycles. The van der Waals surface area contributed by atoms with Gasteiger partial charge in [0.05, 0.1) is 17.4 Å². The van der Waals surface area contributed by atoms with E-state index in [4.69, 9.17) is 0 Å². The molecular weight excluding hydrogens is 318 g/mol. The Kier molecular flexibility index (Phi) is 3.89. The summed E-state index contributed by atoms with van der Waals surface area (Å²) in [7, 11) is -2.40. The van der Waals surface area contributed by atoms with E-state index in [1.165, 1.54) is 19.2 Å². The molecule has 8 heteroatoms. The summed E-state index contributed by atoms with van der Waals surface area (Å²) in [4.78, 5) is 23.5. The Labute approximate surface area is 135 Å². The average molecular weight is 337 g/mol. The molecule has 1 aromatic carbocycles. The highest BCUT2D eigenvalue weighted by Gasteiger charge is 2.31. The first-order chi connectivity index (χ1) is 10.8. The average Bonchev–Trinajstić information content (AvgIpc) is 3.25. The van der Waals surface area contributed by atoms with Crippen molar-refractivity contribution in [3.8, 4) is 0 Å². The number of likely N-dealkylation sites (N-methyl/N-ethyl adjacent to an activating group) is 1. The summed E-state index contributed by atoms with van der Waals surface area (Å²) in [5, 5.41) is 5.47. The van der Waals surface area contributed by atoms with E-state index in [0.29, 0.717) is 11.3 Å². The summed E-state index contributed by atoms with van der Waals surface area (Å²) in [6.07, 6.45) is 1.90. The van der Waals surface area contributed by atoms with E-state index in [0.717, 1.165) is 17.1 Å². The van der Waals surface area contributed by atoms with Gasteiger partial charge < -0.3 is 10.6 Å². The number of fused-ring (bicyclic) bond motifs is 1. The predicted molar refractivity (Wildman–Crippen MR) is 84.5 cm³/mol. The van der Waals surface area contributed by atoms with Gasteiger partial charge in [-0.3, -0.25) is 9.59 Å². The van der Waals surface area contributed by atoms with Gasteiger partial charge in [0.25, 0.3) is 0 Å². The Morgan fingerprint density at radius 1 is 1.39 bits per heavy atom. The first-order valence-corrected chi connectivity index (χ1v) is 8.93. The zero-order valence-electron chi connectivity index (χ0n) is 13.0. The molecule has 0 radical (unpaired) electrons. The van der Waals surface area contributed by atoms with Crippen molar-refractivity contribution >= 4 is 27.5 Å². The molecule has 7 nitrogen and oxygen atoms in total. The van der Waals surface area contributed by atoms with Gasteiger partial charge in [-0.25, -0.2) is 8.42 Å². The van der Waals surface area contributed by atoms with Crippen LogP contribution >= 0.6 is 0 Å². The standard InChI is InChI=1S/C15H19N3O4S/c1-9-12-7-11(5-6-13(12)17-15(9)20)23(21,22)18(2)8-14(19)16-10-3-4-10/h5-7,9-10H,3-4,8H2,1-2H3,(H,16,19)(H,17,20)/t9-/m0/s1. The minimum atomic E-state index is -3.78. The van der Waals surface area contributed by atoms with Gasteiger partial charge in [-0.15, -0.1) is 0 Å². The van der Waals surface area contributed by atoms with Crippen molar-refractivity contribution in [2.45, 2.75) is 36.6 Å². The summed E-state index contributed by atoms with van der Waals surface area (Å²) in [6, 6.07) is 4.73. The van der Waals surface area contributed by atoms with Crippen molar-refractivity contribution in [1.29, 1.82) is 0 Å². The van der Waals surface area contributed by atoms with Gasteiger partial charge in [0.1, 0.15) is 0 Å². The predicted octanol–water partition coefficient (Wildman–Crippen LogP) is 0.641. The molecule has 2 N–H and O–H groups in total. The highest BCUT2D eigenvalue weighted by molar-refractivity contribution is 7.89. The molecule has 1 aliphatic carbocycles. The zero-order valence-corrected chi connectivity index (χ0v) is 13.8. The molecule has 1 saturated carbocycles. The van der Waals surface area contributed by atoms with Gasteiger partial charge >= 0.3 is 0 Å². The fourth-order valence-corrected chi connectivity index (χ4v) is 3.69. The largest absolute Gasteiger partial charge is 0.352 e. The molecule has 1 fully saturated rings. The molecule has 0 saturated heterocycles. The van der Waals surface area contributed by atoms with Crippen molar-refractivity contribution < 1.29 is 18.0 Å². The second-order valence-electron chi connectivity index (χ2n) is 6.06. The highest BCUT2D eigenvalue weighted by atomic mass is 32.2. The van der Waals surface area contributed by atoms with Crippen LogP contribution in [0.1, 0.15) is 31.2 Å². The van der Waals surface area contributed by atoms with Crippen molar-refractivity contribution in [1.82, 2.24) is 9.62 Å². The number of anilines is 1. The van der Waals surface area contributed by atoms with Crippen molar-refractivity contribution in [3.63, 3.8) is 0 Å². The van der Waals surface area contributed by atoms with Crippen LogP contribution in [-0.4, -0.2) is 44.2 Å². The Balaban J connectivity index is 1.79. The lowest BCUT2D eigenvalue weighted by atomic mass is 10.0. The monoisotopic (exact) mass is 337 g/mol. The molecule has 0 unspecified atom stereocenters. The van der Waals surface area contributed by atoms with E-state index >= 15 is 0 Å². The Morgan fingerprint density at radius 3 is 2.74 bits per heavy atom. The summed E-state index contributed by atoms with van der Waals surface area (Å²) < 4.78 is 26.2. The van der Waals surface area contributed by atoms with Crippen molar-refractivity contribution in [2.75, 3.05) is 18.9 Å². The highest BCUT2D eigenvalue weighted by Crippen LogP contribution is 2.34. The number of nitrogens with zero attached hydrogens (tertiary/aromatic N) is 1. The third kappa shape index (κ3) is 3.09. The van der Waals surface area contributed by atoms with Crippen LogP contribution in [0.4, 0.5) is 5.69 Å². The Bertz CT molecular complexity index is 771. The fourth-order valence-electron chi connectivity index (χ4n) is 2.52. The number of sulfonamides is 1. The topological polar surface area (TPSA) is 95.6 Å². The molecule has 23 heavy (non-hydrogen) atoms. The number of carbonyl (C=O) groups is 2. The number of carbonyl (C=O) groups excluding carboxylic acids is 2. The molecule has 124 valence electrons. The normalized spacial score (nSPS) is 20.3. The zero-order chi connectivity index (χ0) is 16.8. The minimum Gasteiger partial charge on any atom is -0.352 e. The summed E-state index contributed by atoms with van der Waals surface area (Å²) in [5.41, 5.74) is 1.29. The van der Waals surface area contributed by atoms with E-state index in [1.807, 2.05) is 0 Å². The van der Waals surface area contributed by atoms with Crippen molar-refractivity contribution in [3.05, 3.63) is 23.8 Å². The SMILES string of the molecule is C[C@@H]1C(=O)Nc2ccc(S(=O)(=O)N(C)CC(=O)NC3CC3)cc21. The Morgan fingerprint density at radius 2 is 2.09 bits per heavy atom. The van der Waals surface area contributed by atoms with Crippen LogP contribution in [0.2, 0.25) is 0 Å². The molecule has 1 heterocycles. The quantitative estimate of drug-likeness (QED) is 0.824. The van der Waals surface area contributed by atoms with Crippen LogP contribution < -0.4 is 10.6 Å². The van der Waals surface area contributed by atoms with E-state index in [9.17, 15) is 18.0 Å². The lowest BCUT2D eigenvalue weighted by molar-refractivity contribution is -0.121. The third-order valence-electron chi connectivity index (χ3n) is 4.16. The molecule has 1 aromatic rings. The molecule has 2 amide bonds. The van der Waals surface area contributed by atoms with Crippen LogP contribution in [0.25, 0.3) is 0 Å². The molecular formula is C15H19N3O4S. The third-order valence-corrected chi connectivity index (χ3v) is 5.96. The number of hydrogen-bond donors (Lipinski definition) is 2. The number of hydrogen-bond acceptors (Lipinski definition) is 4. The second-order valence-corrected chi connectivity index (χ2v) is 8.11. The lowest BCUT2D eigenvalue weighted by Crippen LogP contribution is -2.39. The molecule has 1 aliphatic heterocycles. The lowest BCUT2D eigenvalue weighted by Gasteiger charge is -2.17. The summed E-state index contributed by atoms with van der Waals surface area (Å²) >= 11 is 0. The fraction of sp³-hybridized carbons (Fsp3) is 0.467. The van der Waals surface area contributed by atoms with Crippen LogP contribution in [0.15, 0.2) is 23.1 Å². The smallest absolute Gasteiger partial charge is 0.243 e. The molecule has 1 atom stereocenters. The minimum absolute atomic E-state index is 0.0846. The van der Waals surface area contributed by atoms with Gasteiger partial charge in [-0.1, -0.05) is 0 Å². The molecule has 0 bridgehead atoms. The first-order valence-electron chi connectivity index (χ1n) is 7.49. The summed E-state index contributed by atoms with van der Waals surface area (Å²) in [5.74, 6) is -0.833. The van der Waals surface area contributed by atoms with E-state index in [2.05, 4.69) is 10.6 Å². The summed E-state index contributed by atoms with van der Waals surface area (Å²) in [6.45, 7) is 1.51. The van der Waals surface area contributed by atoms with Crippen LogP contribution in [0.5, 0.6) is 0 Å². The van der Waals surface area contributed by atoms with Crippen LogP contribution in [0.3, 0.4) is 0 Å². The van der Waals surface area contributed by atoms with E-state index in [-0.39, 0.29) is 35.2 Å². The molecule has 3 rings (SSSR count). The van der Waals surface area contributed by atoms with Crippen LogP contribution in [0, 0.1) is 0 Å². The number of amides is 2. The van der Waals surface area contributed by atoms with Gasteiger partial charge in [-0.05, 0) is 43.5 Å². The maximum absolute atomic E-state index is 12.6. The van der Waals surface area contributed by atoms with Crippen LogP contribution in [-0.2, 0) is 19.6 Å². The Hall–Kier alpha value is -1.93. The maximum Gasteiger partial charge on any atom is 0.243 e. The van der Waals surface area contributed by atoms with Gasteiger partial charge in [0.15, 0.2) is 0 Å². The van der Waals surface area contributed by atoms with Crippen molar-refractivity contribution in [2.24, 2.45) is 0 Å². The number of nitrogens with one attached hydrogen (secondary N) is 2. The van der Waals surface area contributed by atoms with E-state index in [1.54, 1.807) is 13.0 Å². The first kappa shape index (κ1) is 15.9. The number of rotatable bonds is 5. The molecule has 0 spiro atoms. The van der Waals surface area contributed by atoms with Gasteiger partial charge in [-0.2, -0.15) is 4.31 Å². The number of benzene rings is 1.